The summed E-state index contributed by atoms with van der Waals surface area (Å²) >= 11 is 0. The molecule has 0 bridgehead atoms. The normalized spacial score (nSPS) is 11.9. The van der Waals surface area contributed by atoms with Crippen LogP contribution in [0, 0.1) is 0 Å². The van der Waals surface area contributed by atoms with Crippen LogP contribution in [0.15, 0.2) is 54.6 Å². The van der Waals surface area contributed by atoms with Crippen molar-refractivity contribution in [3.63, 3.8) is 0 Å². The van der Waals surface area contributed by atoms with E-state index in [1.54, 1.807) is 14.0 Å². The highest BCUT2D eigenvalue weighted by Gasteiger charge is 2.17. The van der Waals surface area contributed by atoms with Crippen molar-refractivity contribution in [2.24, 2.45) is 0 Å². The summed E-state index contributed by atoms with van der Waals surface area (Å²) in [4.78, 5) is 11.9. The number of benzene rings is 2. The van der Waals surface area contributed by atoms with Gasteiger partial charge >= 0.3 is 0 Å². The van der Waals surface area contributed by atoms with E-state index in [4.69, 9.17) is 4.74 Å². The Balaban J connectivity index is 2.22. The Hall–Kier alpha value is -2.09. The molecule has 2 heteroatoms. The summed E-state index contributed by atoms with van der Waals surface area (Å²) in [7, 11) is 1.64. The summed E-state index contributed by atoms with van der Waals surface area (Å²) in [5, 5.41) is 0. The van der Waals surface area contributed by atoms with Crippen LogP contribution >= 0.6 is 0 Å². The molecule has 0 saturated heterocycles. The molecule has 0 amide bonds. The Kier molecular flexibility index (Phi) is 4.35. The topological polar surface area (TPSA) is 26.3 Å². The molecule has 0 spiro atoms. The van der Waals surface area contributed by atoms with E-state index < -0.39 is 0 Å². The maximum Gasteiger partial charge on any atom is 0.137 e. The highest BCUT2D eigenvalue weighted by atomic mass is 16.5. The SMILES string of the molecule is COc1ccc([C@@H](Cc2ccccc2)C(C)=O)cc1. The summed E-state index contributed by atoms with van der Waals surface area (Å²) in [6, 6.07) is 17.8. The zero-order chi connectivity index (χ0) is 13.7. The predicted octanol–water partition coefficient (Wildman–Crippen LogP) is 3.61. The monoisotopic (exact) mass is 254 g/mol. The highest BCUT2D eigenvalue weighted by molar-refractivity contribution is 5.83. The molecular formula is C17H18O2. The first-order chi connectivity index (χ1) is 9.20. The molecule has 0 N–H and O–H groups in total. The zero-order valence-corrected chi connectivity index (χ0v) is 11.3. The number of ketones is 1. The number of carbonyl (C=O) groups excluding carboxylic acids is 1. The fraction of sp³-hybridized carbons (Fsp3) is 0.235. The minimum atomic E-state index is -0.0895. The van der Waals surface area contributed by atoms with Gasteiger partial charge in [0, 0.05) is 5.92 Å². The number of ether oxygens (including phenoxy) is 1. The number of methoxy groups -OCH3 is 1. The third-order valence-electron chi connectivity index (χ3n) is 3.29. The van der Waals surface area contributed by atoms with Crippen LogP contribution in [0.4, 0.5) is 0 Å². The third kappa shape index (κ3) is 3.44. The summed E-state index contributed by atoms with van der Waals surface area (Å²) < 4.78 is 5.14. The van der Waals surface area contributed by atoms with Crippen LogP contribution in [0.5, 0.6) is 5.75 Å². The molecular weight excluding hydrogens is 236 g/mol. The van der Waals surface area contributed by atoms with Crippen molar-refractivity contribution >= 4 is 5.78 Å². The number of hydrogen-bond acceptors (Lipinski definition) is 2. The summed E-state index contributed by atoms with van der Waals surface area (Å²) in [5.41, 5.74) is 2.22. The first kappa shape index (κ1) is 13.3. The molecule has 0 aliphatic carbocycles. The predicted molar refractivity (Wildman–Crippen MR) is 76.6 cm³/mol. The van der Waals surface area contributed by atoms with Crippen LogP contribution in [0.3, 0.4) is 0 Å². The van der Waals surface area contributed by atoms with Crippen LogP contribution in [-0.4, -0.2) is 12.9 Å². The molecule has 0 unspecified atom stereocenters. The van der Waals surface area contributed by atoms with Gasteiger partial charge < -0.3 is 4.74 Å². The summed E-state index contributed by atoms with van der Waals surface area (Å²) in [6.45, 7) is 1.65. The van der Waals surface area contributed by atoms with Crippen molar-refractivity contribution in [3.05, 3.63) is 65.7 Å². The highest BCUT2D eigenvalue weighted by Crippen LogP contribution is 2.24. The van der Waals surface area contributed by atoms with Gasteiger partial charge in [-0.1, -0.05) is 42.5 Å². The smallest absolute Gasteiger partial charge is 0.137 e. The standard InChI is InChI=1S/C17H18O2/c1-13(18)17(12-14-6-4-3-5-7-14)15-8-10-16(19-2)11-9-15/h3-11,17H,12H2,1-2H3/t17-/m0/s1. The summed E-state index contributed by atoms with van der Waals surface area (Å²) in [5.74, 6) is 0.910. The fourth-order valence-corrected chi connectivity index (χ4v) is 2.18. The van der Waals surface area contributed by atoms with Gasteiger partial charge in [-0.2, -0.15) is 0 Å². The third-order valence-corrected chi connectivity index (χ3v) is 3.29. The molecule has 1 atom stereocenters. The molecule has 2 rings (SSSR count). The van der Waals surface area contributed by atoms with Gasteiger partial charge in [-0.15, -0.1) is 0 Å². The van der Waals surface area contributed by atoms with Crippen molar-refractivity contribution in [1.29, 1.82) is 0 Å². The lowest BCUT2D eigenvalue weighted by atomic mass is 9.89. The van der Waals surface area contributed by atoms with Crippen molar-refractivity contribution in [1.82, 2.24) is 0 Å². The van der Waals surface area contributed by atoms with Crippen LogP contribution in [0.25, 0.3) is 0 Å². The number of carbonyl (C=O) groups is 1. The number of hydrogen-bond donors (Lipinski definition) is 0. The Morgan fingerprint density at radius 1 is 1.05 bits per heavy atom. The fourth-order valence-electron chi connectivity index (χ4n) is 2.18. The Bertz CT molecular complexity index is 529. The lowest BCUT2D eigenvalue weighted by Gasteiger charge is -2.15. The minimum Gasteiger partial charge on any atom is -0.497 e. The number of Topliss-reactive ketones (excluding diaryl/α,β-unsaturated/α-hetero) is 1. The maximum atomic E-state index is 11.9. The average Bonchev–Trinajstić information content (AvgIpc) is 2.46. The Morgan fingerprint density at radius 2 is 1.68 bits per heavy atom. The second-order valence-corrected chi connectivity index (χ2v) is 4.63. The van der Waals surface area contributed by atoms with Gasteiger partial charge in [0.1, 0.15) is 11.5 Å². The van der Waals surface area contributed by atoms with Crippen LogP contribution in [0.1, 0.15) is 24.0 Å². The van der Waals surface area contributed by atoms with E-state index in [0.29, 0.717) is 0 Å². The number of rotatable bonds is 5. The molecule has 2 aromatic carbocycles. The molecule has 2 aromatic rings. The second kappa shape index (κ2) is 6.19. The average molecular weight is 254 g/mol. The quantitative estimate of drug-likeness (QED) is 0.814. The van der Waals surface area contributed by atoms with Crippen LogP contribution in [0.2, 0.25) is 0 Å². The largest absolute Gasteiger partial charge is 0.497 e. The molecule has 0 aliphatic rings. The lowest BCUT2D eigenvalue weighted by Crippen LogP contribution is -2.12. The van der Waals surface area contributed by atoms with Crippen LogP contribution < -0.4 is 4.74 Å². The van der Waals surface area contributed by atoms with E-state index in [0.717, 1.165) is 17.7 Å². The molecule has 0 heterocycles. The zero-order valence-electron chi connectivity index (χ0n) is 11.3. The molecule has 0 saturated carbocycles. The molecule has 2 nitrogen and oxygen atoms in total. The van der Waals surface area contributed by atoms with Gasteiger partial charge in [-0.05, 0) is 36.6 Å². The van der Waals surface area contributed by atoms with Gasteiger partial charge in [-0.25, -0.2) is 0 Å². The van der Waals surface area contributed by atoms with Gasteiger partial charge in [0.25, 0.3) is 0 Å². The first-order valence-corrected chi connectivity index (χ1v) is 6.39. The molecule has 0 fully saturated rings. The first-order valence-electron chi connectivity index (χ1n) is 6.39. The van der Waals surface area contributed by atoms with Gasteiger partial charge in [0.05, 0.1) is 7.11 Å². The van der Waals surface area contributed by atoms with Gasteiger partial charge in [0.15, 0.2) is 0 Å². The van der Waals surface area contributed by atoms with Crippen molar-refractivity contribution in [2.75, 3.05) is 7.11 Å². The van der Waals surface area contributed by atoms with E-state index in [1.807, 2.05) is 42.5 Å². The van der Waals surface area contributed by atoms with Gasteiger partial charge in [0.2, 0.25) is 0 Å². The molecule has 0 radical (unpaired) electrons. The van der Waals surface area contributed by atoms with E-state index in [1.165, 1.54) is 5.56 Å². The van der Waals surface area contributed by atoms with E-state index in [9.17, 15) is 4.79 Å². The van der Waals surface area contributed by atoms with E-state index in [-0.39, 0.29) is 11.7 Å². The Morgan fingerprint density at radius 3 is 2.21 bits per heavy atom. The van der Waals surface area contributed by atoms with Crippen molar-refractivity contribution in [2.45, 2.75) is 19.3 Å². The molecule has 0 aromatic heterocycles. The van der Waals surface area contributed by atoms with Crippen molar-refractivity contribution < 1.29 is 9.53 Å². The molecule has 98 valence electrons. The van der Waals surface area contributed by atoms with Crippen LogP contribution in [-0.2, 0) is 11.2 Å². The lowest BCUT2D eigenvalue weighted by molar-refractivity contribution is -0.118. The second-order valence-electron chi connectivity index (χ2n) is 4.63. The maximum absolute atomic E-state index is 11.9. The molecule has 0 aliphatic heterocycles. The molecule has 19 heavy (non-hydrogen) atoms. The van der Waals surface area contributed by atoms with Crippen molar-refractivity contribution in [3.8, 4) is 5.75 Å². The minimum absolute atomic E-state index is 0.0895. The summed E-state index contributed by atoms with van der Waals surface area (Å²) in [6.07, 6.45) is 0.739. The van der Waals surface area contributed by atoms with E-state index >= 15 is 0 Å². The van der Waals surface area contributed by atoms with Gasteiger partial charge in [-0.3, -0.25) is 4.79 Å². The Labute approximate surface area is 114 Å². The van der Waals surface area contributed by atoms with E-state index in [2.05, 4.69) is 12.1 Å².